The maximum atomic E-state index is 5.27. The summed E-state index contributed by atoms with van der Waals surface area (Å²) in [5, 5.41) is 14.0. The Hall–Kier alpha value is -12.7. The molecule has 15 aromatic carbocycles. The van der Waals surface area contributed by atoms with Crippen molar-refractivity contribution in [3.8, 4) is 112 Å². The van der Waals surface area contributed by atoms with Crippen LogP contribution in [-0.2, 0) is 0 Å². The molecule has 0 saturated carbocycles. The zero-order chi connectivity index (χ0) is 68.6. The van der Waals surface area contributed by atoms with Crippen LogP contribution in [-0.4, -0.2) is 39.9 Å². The number of fused-ring (bicyclic) bond motifs is 14. The van der Waals surface area contributed by atoms with Crippen molar-refractivity contribution in [3.05, 3.63) is 328 Å². The molecule has 0 unspecified atom stereocenters. The van der Waals surface area contributed by atoms with Gasteiger partial charge in [0.2, 0.25) is 0 Å². The van der Waals surface area contributed by atoms with E-state index in [1.54, 1.807) is 45.3 Å². The number of hydrogen-bond acceptors (Lipinski definition) is 12. The highest BCUT2D eigenvalue weighted by atomic mass is 32.1. The fraction of sp³-hybridized carbons (Fsp3) is 0. The van der Waals surface area contributed by atoms with Crippen LogP contribution >= 0.6 is 45.3 Å². The summed E-state index contributed by atoms with van der Waals surface area (Å²) < 4.78 is 7.20. The van der Waals surface area contributed by atoms with Crippen molar-refractivity contribution < 1.29 is 0 Å². The highest BCUT2D eigenvalue weighted by molar-refractivity contribution is 7.26. The second-order valence-corrected chi connectivity index (χ2v) is 29.9. The summed E-state index contributed by atoms with van der Waals surface area (Å²) in [6.07, 6.45) is 0. The molecule has 0 aliphatic heterocycles. The maximum absolute atomic E-state index is 5.27. The van der Waals surface area contributed by atoms with E-state index in [1.807, 2.05) is 42.5 Å². The fourth-order valence-corrected chi connectivity index (χ4v) is 18.5. The molecule has 21 aromatic rings. The van der Waals surface area contributed by atoms with Crippen molar-refractivity contribution in [1.29, 1.82) is 0 Å². The van der Waals surface area contributed by atoms with E-state index in [2.05, 4.69) is 285 Å². The van der Waals surface area contributed by atoms with Gasteiger partial charge >= 0.3 is 0 Å². The summed E-state index contributed by atoms with van der Waals surface area (Å²) >= 11 is 7.04. The highest BCUT2D eigenvalue weighted by Crippen LogP contribution is 2.46. The minimum atomic E-state index is 0.637. The van der Waals surface area contributed by atoms with E-state index in [-0.39, 0.29) is 0 Å². The molecule has 0 amide bonds. The van der Waals surface area contributed by atoms with Crippen LogP contribution in [0.5, 0.6) is 0 Å². The lowest BCUT2D eigenvalue weighted by Crippen LogP contribution is -2.00. The molecule has 0 saturated heterocycles. The summed E-state index contributed by atoms with van der Waals surface area (Å²) in [6.45, 7) is 0. The Kier molecular flexibility index (Phi) is 15.1. The molecule has 8 nitrogen and oxygen atoms in total. The Morgan fingerprint density at radius 3 is 0.913 bits per heavy atom. The van der Waals surface area contributed by atoms with Crippen molar-refractivity contribution in [2.24, 2.45) is 0 Å². The quantitative estimate of drug-likeness (QED) is 0.125. The van der Waals surface area contributed by atoms with Crippen molar-refractivity contribution >= 4 is 138 Å². The molecular formula is C92H54N8S4. The third-order valence-corrected chi connectivity index (χ3v) is 23.8. The van der Waals surface area contributed by atoms with Crippen LogP contribution in [0.1, 0.15) is 0 Å². The summed E-state index contributed by atoms with van der Waals surface area (Å²) in [6, 6.07) is 115. The van der Waals surface area contributed by atoms with Crippen molar-refractivity contribution in [1.82, 2.24) is 39.9 Å². The Labute approximate surface area is 613 Å². The molecule has 6 aromatic heterocycles. The molecule has 0 atom stereocenters. The third kappa shape index (κ3) is 11.1. The number of thiophene rings is 2. The zero-order valence-corrected chi connectivity index (χ0v) is 58.7. The smallest absolute Gasteiger partial charge is 0.164 e. The van der Waals surface area contributed by atoms with Crippen LogP contribution < -0.4 is 0 Å². The van der Waals surface area contributed by atoms with Gasteiger partial charge in [-0.25, -0.2) is 39.9 Å². The molecule has 0 bridgehead atoms. The topological polar surface area (TPSA) is 103 Å². The average Bonchev–Trinajstić information content (AvgIpc) is 0.967. The Balaban J connectivity index is 0.000000139. The van der Waals surface area contributed by atoms with Crippen molar-refractivity contribution in [3.63, 3.8) is 0 Å². The molecule has 0 N–H and O–H groups in total. The minimum Gasteiger partial charge on any atom is -0.236 e. The standard InChI is InChI=1S/C46H26N4S2.C46H28N4S2/c1-2-11-27(12-3-1)43-48-44(28-21-23-34-32-15-5-4-13-30(32)31-14-6-7-16-33(31)36(34)25-28)50-45(49-43)35-17-10-20-41-42(35)37-26-29(22-24-39(37)51-41)46-47-38-18-8-9-19-40(38)52-46;1-3-10-29(11-4-1)31-18-22-33(23-19-31)43-48-44(34-24-20-32(21-25-34)30-12-5-2-6-13-30)50-45(49-43)36-14-9-17-41-42(36)37-28-35(26-27-39(37)51-41)46-47-38-15-7-8-16-40(38)52-46/h1-26H;1-28H. The van der Waals surface area contributed by atoms with Crippen molar-refractivity contribution in [2.75, 3.05) is 0 Å². The van der Waals surface area contributed by atoms with Crippen LogP contribution in [0.15, 0.2) is 328 Å². The van der Waals surface area contributed by atoms with Gasteiger partial charge in [0.1, 0.15) is 10.0 Å². The van der Waals surface area contributed by atoms with Gasteiger partial charge in [-0.1, -0.05) is 261 Å². The van der Waals surface area contributed by atoms with Gasteiger partial charge in [-0.2, -0.15) is 0 Å². The Morgan fingerprint density at radius 2 is 0.471 bits per heavy atom. The molecule has 486 valence electrons. The molecule has 0 spiro atoms. The molecule has 6 heterocycles. The molecular weight excluding hydrogens is 1350 g/mol. The first-order chi connectivity index (χ1) is 51.5. The van der Waals surface area contributed by atoms with Crippen molar-refractivity contribution in [2.45, 2.75) is 0 Å². The summed E-state index contributed by atoms with van der Waals surface area (Å²) in [4.78, 5) is 41.0. The van der Waals surface area contributed by atoms with E-state index >= 15 is 0 Å². The second-order valence-electron chi connectivity index (χ2n) is 25.7. The molecule has 21 rings (SSSR count). The van der Waals surface area contributed by atoms with Gasteiger partial charge in [-0.05, 0) is 121 Å². The number of benzene rings is 15. The van der Waals surface area contributed by atoms with Gasteiger partial charge in [-0.15, -0.1) is 45.3 Å². The van der Waals surface area contributed by atoms with E-state index < -0.39 is 0 Å². The van der Waals surface area contributed by atoms with E-state index in [0.29, 0.717) is 34.9 Å². The SMILES string of the molecule is c1ccc(-c2ccc(-c3nc(-c4ccc(-c5ccccc5)cc4)nc(-c4cccc5sc6ccc(-c7nc8ccccc8s7)cc6c45)n3)cc2)cc1.c1ccc(-c2nc(-c3ccc4c5ccccc5c5ccccc5c4c3)nc(-c3cccc4sc5ccc(-c6nc7ccccc7s6)cc5c34)n2)cc1. The summed E-state index contributed by atoms with van der Waals surface area (Å²) in [5.74, 6) is 3.88. The number of thiazole rings is 2. The first-order valence-electron chi connectivity index (χ1n) is 34.3. The fourth-order valence-electron chi connectivity index (χ4n) is 14.3. The van der Waals surface area contributed by atoms with Gasteiger partial charge in [0.15, 0.2) is 34.9 Å². The van der Waals surface area contributed by atoms with Gasteiger partial charge in [0.25, 0.3) is 0 Å². The predicted molar refractivity (Wildman–Crippen MR) is 439 cm³/mol. The molecule has 0 aliphatic rings. The minimum absolute atomic E-state index is 0.637. The van der Waals surface area contributed by atoms with E-state index in [1.165, 1.54) is 82.4 Å². The predicted octanol–water partition coefficient (Wildman–Crippen LogP) is 25.8. The van der Waals surface area contributed by atoms with Gasteiger partial charge in [0.05, 0.1) is 20.4 Å². The lowest BCUT2D eigenvalue weighted by atomic mass is 9.93. The van der Waals surface area contributed by atoms with E-state index in [0.717, 1.165) is 87.5 Å². The number of para-hydroxylation sites is 2. The van der Waals surface area contributed by atoms with Crippen LogP contribution in [0, 0.1) is 0 Å². The molecule has 0 radical (unpaired) electrons. The van der Waals surface area contributed by atoms with Gasteiger partial charge < -0.3 is 0 Å². The second kappa shape index (κ2) is 25.7. The van der Waals surface area contributed by atoms with Crippen LogP contribution in [0.3, 0.4) is 0 Å². The lowest BCUT2D eigenvalue weighted by Gasteiger charge is -2.13. The number of hydrogen-bond donors (Lipinski definition) is 0. The molecule has 104 heavy (non-hydrogen) atoms. The molecule has 12 heteroatoms. The summed E-state index contributed by atoms with van der Waals surface area (Å²) in [7, 11) is 0. The zero-order valence-electron chi connectivity index (χ0n) is 55.4. The first-order valence-corrected chi connectivity index (χ1v) is 37.6. The van der Waals surface area contributed by atoms with Gasteiger partial charge in [-0.3, -0.25) is 0 Å². The van der Waals surface area contributed by atoms with Crippen LogP contribution in [0.4, 0.5) is 0 Å². The monoisotopic (exact) mass is 1400 g/mol. The Morgan fingerprint density at radius 1 is 0.163 bits per heavy atom. The average molecular weight is 1400 g/mol. The molecule has 0 fully saturated rings. The van der Waals surface area contributed by atoms with E-state index in [4.69, 9.17) is 39.9 Å². The maximum Gasteiger partial charge on any atom is 0.164 e. The largest absolute Gasteiger partial charge is 0.236 e. The molecule has 0 aliphatic carbocycles. The number of nitrogens with zero attached hydrogens (tertiary/aromatic N) is 8. The Bertz CT molecular complexity index is 6710. The van der Waals surface area contributed by atoms with Crippen LogP contribution in [0.2, 0.25) is 0 Å². The van der Waals surface area contributed by atoms with Crippen LogP contribution in [0.25, 0.3) is 205 Å². The van der Waals surface area contributed by atoms with Gasteiger partial charge in [0, 0.05) is 84.9 Å². The highest BCUT2D eigenvalue weighted by Gasteiger charge is 2.22. The van der Waals surface area contributed by atoms with E-state index in [9.17, 15) is 0 Å². The lowest BCUT2D eigenvalue weighted by molar-refractivity contribution is 1.08. The normalized spacial score (nSPS) is 11.7. The number of aromatic nitrogens is 8. The third-order valence-electron chi connectivity index (χ3n) is 19.4. The summed E-state index contributed by atoms with van der Waals surface area (Å²) in [5.41, 5.74) is 14.7. The first kappa shape index (κ1) is 61.2. The number of rotatable bonds is 10.